The van der Waals surface area contributed by atoms with E-state index in [2.05, 4.69) is 39.5 Å². The van der Waals surface area contributed by atoms with Crippen molar-refractivity contribution in [1.82, 2.24) is 4.90 Å². The van der Waals surface area contributed by atoms with Crippen molar-refractivity contribution in [2.24, 2.45) is 11.1 Å². The minimum atomic E-state index is 0.204. The first kappa shape index (κ1) is 13.9. The molecule has 1 aliphatic rings. The Morgan fingerprint density at radius 1 is 1.44 bits per heavy atom. The fourth-order valence-corrected chi connectivity index (χ4v) is 2.91. The molecule has 0 bridgehead atoms. The van der Waals surface area contributed by atoms with Crippen molar-refractivity contribution in [3.63, 3.8) is 0 Å². The third-order valence-corrected chi connectivity index (χ3v) is 3.40. The summed E-state index contributed by atoms with van der Waals surface area (Å²) >= 11 is 0. The maximum Gasteiger partial charge on any atom is 0.0700 e. The normalized spacial score (nSPS) is 27.8. The molecule has 96 valence electrons. The number of ether oxygens (including phenoxy) is 1. The molecule has 0 aromatic rings. The van der Waals surface area contributed by atoms with Gasteiger partial charge in [-0.05, 0) is 18.8 Å². The van der Waals surface area contributed by atoms with E-state index in [-0.39, 0.29) is 11.5 Å². The van der Waals surface area contributed by atoms with Gasteiger partial charge in [-0.15, -0.1) is 0 Å². The van der Waals surface area contributed by atoms with Gasteiger partial charge in [-0.25, -0.2) is 0 Å². The van der Waals surface area contributed by atoms with E-state index in [9.17, 15) is 0 Å². The summed E-state index contributed by atoms with van der Waals surface area (Å²) in [7, 11) is 0. The van der Waals surface area contributed by atoms with E-state index < -0.39 is 0 Å². The molecule has 1 aliphatic heterocycles. The quantitative estimate of drug-likeness (QED) is 0.801. The minimum absolute atomic E-state index is 0.204. The molecule has 1 rings (SSSR count). The number of hydrogen-bond donors (Lipinski definition) is 1. The highest BCUT2D eigenvalue weighted by Crippen LogP contribution is 2.28. The van der Waals surface area contributed by atoms with Gasteiger partial charge in [0.2, 0.25) is 0 Å². The first-order chi connectivity index (χ1) is 7.36. The summed E-state index contributed by atoms with van der Waals surface area (Å²) in [6.45, 7) is 14.0. The Balaban J connectivity index is 2.71. The van der Waals surface area contributed by atoms with Crippen LogP contribution in [0.2, 0.25) is 0 Å². The Hall–Kier alpha value is -0.120. The fraction of sp³-hybridized carbons (Fsp3) is 1.00. The molecule has 0 saturated carbocycles. The third kappa shape index (κ3) is 3.44. The second-order valence-corrected chi connectivity index (χ2v) is 6.07. The fourth-order valence-electron chi connectivity index (χ4n) is 2.91. The van der Waals surface area contributed by atoms with Crippen molar-refractivity contribution in [2.45, 2.75) is 59.2 Å². The van der Waals surface area contributed by atoms with Crippen LogP contribution < -0.4 is 5.73 Å². The lowest BCUT2D eigenvalue weighted by Crippen LogP contribution is -2.58. The molecule has 3 unspecified atom stereocenters. The van der Waals surface area contributed by atoms with Crippen LogP contribution in [0.1, 0.15) is 41.0 Å². The Bertz CT molecular complexity index is 210. The molecule has 1 saturated heterocycles. The molecule has 3 heteroatoms. The Kier molecular flexibility index (Phi) is 4.77. The van der Waals surface area contributed by atoms with Crippen LogP contribution in [-0.2, 0) is 4.74 Å². The van der Waals surface area contributed by atoms with E-state index in [0.717, 1.165) is 26.1 Å². The third-order valence-electron chi connectivity index (χ3n) is 3.40. The monoisotopic (exact) mass is 228 g/mol. The molecular formula is C13H28N2O. The van der Waals surface area contributed by atoms with E-state index in [1.807, 2.05) is 0 Å². The standard InChI is InChI=1S/C13H28N2O/c1-6-11-9-15(7-8-16-11)12(10(2)14)13(3,4)5/h10-12H,6-9,14H2,1-5H3. The van der Waals surface area contributed by atoms with Crippen molar-refractivity contribution in [2.75, 3.05) is 19.7 Å². The van der Waals surface area contributed by atoms with Crippen LogP contribution in [0.5, 0.6) is 0 Å². The topological polar surface area (TPSA) is 38.5 Å². The van der Waals surface area contributed by atoms with Gasteiger partial charge < -0.3 is 10.5 Å². The van der Waals surface area contributed by atoms with Gasteiger partial charge in [0, 0.05) is 25.2 Å². The summed E-state index contributed by atoms with van der Waals surface area (Å²) in [4.78, 5) is 2.52. The van der Waals surface area contributed by atoms with Crippen LogP contribution in [-0.4, -0.2) is 42.8 Å². The zero-order valence-electron chi connectivity index (χ0n) is 11.5. The van der Waals surface area contributed by atoms with Gasteiger partial charge in [0.1, 0.15) is 0 Å². The molecule has 0 aromatic carbocycles. The summed E-state index contributed by atoms with van der Waals surface area (Å²) in [5.41, 5.74) is 6.38. The predicted molar refractivity (Wildman–Crippen MR) is 68.5 cm³/mol. The molecule has 0 aromatic heterocycles. The maximum absolute atomic E-state index is 6.16. The molecule has 3 nitrogen and oxygen atoms in total. The Morgan fingerprint density at radius 2 is 2.06 bits per heavy atom. The van der Waals surface area contributed by atoms with Crippen molar-refractivity contribution >= 4 is 0 Å². The molecule has 1 heterocycles. The molecule has 0 amide bonds. The summed E-state index contributed by atoms with van der Waals surface area (Å²) in [5.74, 6) is 0. The molecule has 1 fully saturated rings. The van der Waals surface area contributed by atoms with Crippen molar-refractivity contribution in [3.8, 4) is 0 Å². The maximum atomic E-state index is 6.16. The molecule has 16 heavy (non-hydrogen) atoms. The molecule has 0 radical (unpaired) electrons. The van der Waals surface area contributed by atoms with E-state index in [1.54, 1.807) is 0 Å². The van der Waals surface area contributed by atoms with Crippen molar-refractivity contribution in [3.05, 3.63) is 0 Å². The molecule has 3 atom stereocenters. The lowest BCUT2D eigenvalue weighted by molar-refractivity contribution is -0.0648. The second kappa shape index (κ2) is 5.48. The van der Waals surface area contributed by atoms with Crippen LogP contribution in [0.15, 0.2) is 0 Å². The summed E-state index contributed by atoms with van der Waals surface area (Å²) in [6, 6.07) is 0.640. The first-order valence-electron chi connectivity index (χ1n) is 6.47. The van der Waals surface area contributed by atoms with E-state index >= 15 is 0 Å². The highest BCUT2D eigenvalue weighted by atomic mass is 16.5. The summed E-state index contributed by atoms with van der Waals surface area (Å²) in [6.07, 6.45) is 1.48. The van der Waals surface area contributed by atoms with Crippen molar-refractivity contribution < 1.29 is 4.74 Å². The number of rotatable bonds is 3. The zero-order chi connectivity index (χ0) is 12.3. The van der Waals surface area contributed by atoms with Crippen LogP contribution in [0.25, 0.3) is 0 Å². The summed E-state index contributed by atoms with van der Waals surface area (Å²) in [5, 5.41) is 0. The first-order valence-corrected chi connectivity index (χ1v) is 6.47. The average molecular weight is 228 g/mol. The predicted octanol–water partition coefficient (Wildman–Crippen LogP) is 1.86. The minimum Gasteiger partial charge on any atom is -0.376 e. The lowest BCUT2D eigenvalue weighted by atomic mass is 9.81. The van der Waals surface area contributed by atoms with E-state index in [0.29, 0.717) is 12.1 Å². The Labute approximate surface area is 100 Å². The number of hydrogen-bond acceptors (Lipinski definition) is 3. The van der Waals surface area contributed by atoms with E-state index in [4.69, 9.17) is 10.5 Å². The second-order valence-electron chi connectivity index (χ2n) is 6.07. The van der Waals surface area contributed by atoms with Gasteiger partial charge in [0.05, 0.1) is 12.7 Å². The van der Waals surface area contributed by atoms with Crippen LogP contribution >= 0.6 is 0 Å². The average Bonchev–Trinajstić information content (AvgIpc) is 2.15. The number of nitrogens with zero attached hydrogens (tertiary/aromatic N) is 1. The smallest absolute Gasteiger partial charge is 0.0700 e. The highest BCUT2D eigenvalue weighted by molar-refractivity contribution is 4.91. The molecular weight excluding hydrogens is 200 g/mol. The SMILES string of the molecule is CCC1CN(C(C(C)N)C(C)(C)C)CCO1. The molecule has 2 N–H and O–H groups in total. The molecule has 0 aliphatic carbocycles. The largest absolute Gasteiger partial charge is 0.376 e. The van der Waals surface area contributed by atoms with Crippen LogP contribution in [0, 0.1) is 5.41 Å². The van der Waals surface area contributed by atoms with E-state index in [1.165, 1.54) is 0 Å². The summed E-state index contributed by atoms with van der Waals surface area (Å²) < 4.78 is 5.72. The van der Waals surface area contributed by atoms with Crippen molar-refractivity contribution in [1.29, 1.82) is 0 Å². The lowest BCUT2D eigenvalue weighted by Gasteiger charge is -2.46. The van der Waals surface area contributed by atoms with Gasteiger partial charge in [-0.1, -0.05) is 27.7 Å². The number of morpholine rings is 1. The number of nitrogens with two attached hydrogens (primary N) is 1. The highest BCUT2D eigenvalue weighted by Gasteiger charge is 2.35. The van der Waals surface area contributed by atoms with Crippen LogP contribution in [0.3, 0.4) is 0 Å². The molecule has 0 spiro atoms. The van der Waals surface area contributed by atoms with Gasteiger partial charge in [-0.3, -0.25) is 4.90 Å². The van der Waals surface area contributed by atoms with Gasteiger partial charge >= 0.3 is 0 Å². The zero-order valence-corrected chi connectivity index (χ0v) is 11.5. The van der Waals surface area contributed by atoms with Crippen LogP contribution in [0.4, 0.5) is 0 Å². The van der Waals surface area contributed by atoms with Gasteiger partial charge in [-0.2, -0.15) is 0 Å². The van der Waals surface area contributed by atoms with Gasteiger partial charge in [0.15, 0.2) is 0 Å². The van der Waals surface area contributed by atoms with Gasteiger partial charge in [0.25, 0.3) is 0 Å². The Morgan fingerprint density at radius 3 is 2.50 bits per heavy atom.